The Hall–Kier alpha value is -1.79. The minimum atomic E-state index is -4.98. The topological polar surface area (TPSA) is 46.5 Å². The third-order valence-corrected chi connectivity index (χ3v) is 1.88. The van der Waals surface area contributed by atoms with E-state index in [2.05, 4.69) is 4.74 Å². The van der Waals surface area contributed by atoms with Crippen LogP contribution in [-0.4, -0.2) is 17.4 Å². The summed E-state index contributed by atoms with van der Waals surface area (Å²) in [7, 11) is 0. The van der Waals surface area contributed by atoms with E-state index < -0.39 is 23.9 Å². The van der Waals surface area contributed by atoms with Crippen LogP contribution in [0, 0.1) is 5.82 Å². The third kappa shape index (κ3) is 4.29. The van der Waals surface area contributed by atoms with E-state index in [1.807, 2.05) is 0 Å². The molecule has 0 spiro atoms. The molecule has 1 rings (SSSR count). The number of aryl methyl sites for hydroxylation is 1. The molecule has 0 fully saturated rings. The average Bonchev–Trinajstić information content (AvgIpc) is 2.17. The lowest BCUT2D eigenvalue weighted by Gasteiger charge is -2.11. The Labute approximate surface area is 93.6 Å². The van der Waals surface area contributed by atoms with Gasteiger partial charge in [0.1, 0.15) is 0 Å². The maximum Gasteiger partial charge on any atom is 0.573 e. The number of carbonyl (C=O) groups is 1. The first kappa shape index (κ1) is 13.3. The van der Waals surface area contributed by atoms with Crippen LogP contribution in [0.5, 0.6) is 5.75 Å². The molecule has 0 amide bonds. The van der Waals surface area contributed by atoms with Crippen molar-refractivity contribution in [1.82, 2.24) is 0 Å². The van der Waals surface area contributed by atoms with Crippen molar-refractivity contribution in [2.45, 2.75) is 19.2 Å². The fourth-order valence-corrected chi connectivity index (χ4v) is 1.19. The summed E-state index contributed by atoms with van der Waals surface area (Å²) >= 11 is 0. The van der Waals surface area contributed by atoms with E-state index in [1.165, 1.54) is 12.1 Å². The van der Waals surface area contributed by atoms with Crippen molar-refractivity contribution >= 4 is 5.97 Å². The fourth-order valence-electron chi connectivity index (χ4n) is 1.19. The SMILES string of the molecule is O=C(O)CCc1cccc(OC(F)(F)F)c1F. The lowest BCUT2D eigenvalue weighted by atomic mass is 10.1. The second-order valence-corrected chi connectivity index (χ2v) is 3.17. The highest BCUT2D eigenvalue weighted by atomic mass is 19.4. The number of ether oxygens (including phenoxy) is 1. The lowest BCUT2D eigenvalue weighted by Crippen LogP contribution is -2.18. The molecule has 0 aliphatic heterocycles. The van der Waals surface area contributed by atoms with E-state index in [-0.39, 0.29) is 18.4 Å². The van der Waals surface area contributed by atoms with E-state index in [9.17, 15) is 22.4 Å². The molecule has 3 nitrogen and oxygen atoms in total. The van der Waals surface area contributed by atoms with Gasteiger partial charge in [0, 0.05) is 6.42 Å². The van der Waals surface area contributed by atoms with Crippen LogP contribution in [0.2, 0.25) is 0 Å². The summed E-state index contributed by atoms with van der Waals surface area (Å²) < 4.78 is 52.5. The smallest absolute Gasteiger partial charge is 0.481 e. The number of hydrogen-bond acceptors (Lipinski definition) is 2. The van der Waals surface area contributed by atoms with Crippen molar-refractivity contribution in [3.05, 3.63) is 29.6 Å². The molecule has 0 atom stereocenters. The van der Waals surface area contributed by atoms with Gasteiger partial charge in [0.15, 0.2) is 11.6 Å². The Kier molecular flexibility index (Phi) is 3.93. The zero-order valence-electron chi connectivity index (χ0n) is 8.42. The summed E-state index contributed by atoms with van der Waals surface area (Å²) in [5.74, 6) is -3.31. The third-order valence-electron chi connectivity index (χ3n) is 1.88. The number of aliphatic carboxylic acids is 1. The molecule has 0 radical (unpaired) electrons. The van der Waals surface area contributed by atoms with Gasteiger partial charge in [0.2, 0.25) is 0 Å². The largest absolute Gasteiger partial charge is 0.573 e. The first-order valence-electron chi connectivity index (χ1n) is 4.54. The fraction of sp³-hybridized carbons (Fsp3) is 0.300. The Morgan fingerprint density at radius 3 is 2.53 bits per heavy atom. The quantitative estimate of drug-likeness (QED) is 0.838. The van der Waals surface area contributed by atoms with Gasteiger partial charge in [-0.25, -0.2) is 4.39 Å². The molecule has 0 unspecified atom stereocenters. The molecule has 0 saturated heterocycles. The first-order chi connectivity index (χ1) is 7.79. The normalized spacial score (nSPS) is 11.3. The van der Waals surface area contributed by atoms with Crippen LogP contribution in [0.15, 0.2) is 18.2 Å². The van der Waals surface area contributed by atoms with Gasteiger partial charge in [-0.1, -0.05) is 12.1 Å². The number of rotatable bonds is 4. The van der Waals surface area contributed by atoms with Crippen LogP contribution in [0.25, 0.3) is 0 Å². The standard InChI is InChI=1S/C10H8F4O3/c11-9-6(4-5-8(15)16)2-1-3-7(9)17-10(12,13)14/h1-3H,4-5H2,(H,15,16). The van der Waals surface area contributed by atoms with Crippen molar-refractivity contribution in [2.75, 3.05) is 0 Å². The number of halogens is 4. The number of hydrogen-bond donors (Lipinski definition) is 1. The molecule has 7 heteroatoms. The Morgan fingerprint density at radius 1 is 1.35 bits per heavy atom. The highest BCUT2D eigenvalue weighted by molar-refractivity contribution is 5.67. The van der Waals surface area contributed by atoms with E-state index in [1.54, 1.807) is 0 Å². The second kappa shape index (κ2) is 5.03. The van der Waals surface area contributed by atoms with Gasteiger partial charge in [-0.3, -0.25) is 4.79 Å². The number of carboxylic acid groups (broad SMARTS) is 1. The van der Waals surface area contributed by atoms with Gasteiger partial charge < -0.3 is 9.84 Å². The highest BCUT2D eigenvalue weighted by Gasteiger charge is 2.32. The minimum absolute atomic E-state index is 0.130. The maximum atomic E-state index is 13.4. The monoisotopic (exact) mass is 252 g/mol. The molecule has 1 aromatic rings. The minimum Gasteiger partial charge on any atom is -0.481 e. The van der Waals surface area contributed by atoms with Crippen LogP contribution in [0.4, 0.5) is 17.6 Å². The van der Waals surface area contributed by atoms with Gasteiger partial charge in [-0.15, -0.1) is 13.2 Å². The molecule has 0 saturated carbocycles. The molecule has 0 bridgehead atoms. The molecule has 17 heavy (non-hydrogen) atoms. The molecule has 0 aromatic heterocycles. The molecule has 94 valence electrons. The summed E-state index contributed by atoms with van der Waals surface area (Å²) in [6.07, 6.45) is -5.55. The van der Waals surface area contributed by atoms with E-state index in [0.717, 1.165) is 6.07 Å². The average molecular weight is 252 g/mol. The molecule has 0 heterocycles. The molecule has 0 aliphatic rings. The van der Waals surface area contributed by atoms with Crippen molar-refractivity contribution in [3.63, 3.8) is 0 Å². The van der Waals surface area contributed by atoms with E-state index in [0.29, 0.717) is 0 Å². The van der Waals surface area contributed by atoms with Crippen LogP contribution in [0.3, 0.4) is 0 Å². The summed E-state index contributed by atoms with van der Waals surface area (Å²) in [6, 6.07) is 3.20. The molecule has 0 aliphatic carbocycles. The predicted octanol–water partition coefficient (Wildman–Crippen LogP) is 2.74. The van der Waals surface area contributed by atoms with Crippen molar-refractivity contribution in [2.24, 2.45) is 0 Å². The summed E-state index contributed by atoms with van der Waals surface area (Å²) in [4.78, 5) is 10.3. The number of alkyl halides is 3. The van der Waals surface area contributed by atoms with E-state index in [4.69, 9.17) is 5.11 Å². The summed E-state index contributed by atoms with van der Waals surface area (Å²) in [5.41, 5.74) is -0.130. The Bertz CT molecular complexity index is 415. The maximum absolute atomic E-state index is 13.4. The predicted molar refractivity (Wildman–Crippen MR) is 49.0 cm³/mol. The molecular formula is C10H8F4O3. The van der Waals surface area contributed by atoms with Gasteiger partial charge in [-0.05, 0) is 18.1 Å². The first-order valence-corrected chi connectivity index (χ1v) is 4.54. The number of benzene rings is 1. The number of carboxylic acids is 1. The molecular weight excluding hydrogens is 244 g/mol. The van der Waals surface area contributed by atoms with Gasteiger partial charge in [0.05, 0.1) is 0 Å². The van der Waals surface area contributed by atoms with Crippen LogP contribution >= 0.6 is 0 Å². The summed E-state index contributed by atoms with van der Waals surface area (Å²) in [6.45, 7) is 0. The molecule has 1 N–H and O–H groups in total. The summed E-state index contributed by atoms with van der Waals surface area (Å²) in [5, 5.41) is 8.39. The van der Waals surface area contributed by atoms with Gasteiger partial charge >= 0.3 is 12.3 Å². The molecule has 1 aromatic carbocycles. The second-order valence-electron chi connectivity index (χ2n) is 3.17. The van der Waals surface area contributed by atoms with Crippen molar-refractivity contribution < 1.29 is 32.2 Å². The lowest BCUT2D eigenvalue weighted by molar-refractivity contribution is -0.275. The van der Waals surface area contributed by atoms with Crippen LogP contribution < -0.4 is 4.74 Å². The highest BCUT2D eigenvalue weighted by Crippen LogP contribution is 2.27. The Morgan fingerprint density at radius 2 is 2.00 bits per heavy atom. The van der Waals surface area contributed by atoms with Crippen LogP contribution in [0.1, 0.15) is 12.0 Å². The van der Waals surface area contributed by atoms with Crippen molar-refractivity contribution in [1.29, 1.82) is 0 Å². The zero-order chi connectivity index (χ0) is 13.1. The Balaban J connectivity index is 2.87. The zero-order valence-corrected chi connectivity index (χ0v) is 8.42. The van der Waals surface area contributed by atoms with Gasteiger partial charge in [0.25, 0.3) is 0 Å². The van der Waals surface area contributed by atoms with Crippen LogP contribution in [-0.2, 0) is 11.2 Å². The van der Waals surface area contributed by atoms with E-state index >= 15 is 0 Å². The van der Waals surface area contributed by atoms with Crippen molar-refractivity contribution in [3.8, 4) is 5.75 Å². The van der Waals surface area contributed by atoms with Gasteiger partial charge in [-0.2, -0.15) is 0 Å².